The van der Waals surface area contributed by atoms with Gasteiger partial charge in [0.15, 0.2) is 11.6 Å². The molecule has 1 atom stereocenters. The van der Waals surface area contributed by atoms with Crippen molar-refractivity contribution in [2.24, 2.45) is 0 Å². The number of aliphatic hydroxyl groups is 1. The van der Waals surface area contributed by atoms with E-state index in [1.807, 2.05) is 0 Å². The lowest BCUT2D eigenvalue weighted by Crippen LogP contribution is -2.27. The van der Waals surface area contributed by atoms with Crippen molar-refractivity contribution in [1.82, 2.24) is 0 Å². The van der Waals surface area contributed by atoms with E-state index in [1.165, 1.54) is 0 Å². The van der Waals surface area contributed by atoms with Gasteiger partial charge in [0.2, 0.25) is 0 Å². The molecule has 106 valence electrons. The zero-order chi connectivity index (χ0) is 14.6. The Labute approximate surface area is 106 Å². The molecule has 1 rings (SSSR count). The zero-order valence-corrected chi connectivity index (χ0v) is 9.79. The first-order valence-electron chi connectivity index (χ1n) is 5.14. The number of methoxy groups -OCH3 is 1. The second-order valence-corrected chi connectivity index (χ2v) is 3.56. The van der Waals surface area contributed by atoms with Crippen LogP contribution in [0.2, 0.25) is 0 Å². The molecule has 0 aliphatic rings. The molecule has 1 aromatic carbocycles. The maximum atomic E-state index is 13.5. The van der Waals surface area contributed by atoms with Crippen molar-refractivity contribution in [1.29, 1.82) is 0 Å². The number of anilines is 1. The number of alkyl halides is 2. The number of esters is 1. The van der Waals surface area contributed by atoms with E-state index in [1.54, 1.807) is 0 Å². The molecule has 19 heavy (non-hydrogen) atoms. The molecule has 0 bridgehead atoms. The first-order valence-corrected chi connectivity index (χ1v) is 5.14. The summed E-state index contributed by atoms with van der Waals surface area (Å²) in [4.78, 5) is 11.1. The summed E-state index contributed by atoms with van der Waals surface area (Å²) in [6, 6.07) is 1.93. The second kappa shape index (κ2) is 6.37. The van der Waals surface area contributed by atoms with Crippen LogP contribution in [0.3, 0.4) is 0 Å². The fourth-order valence-corrected chi connectivity index (χ4v) is 1.26. The summed E-state index contributed by atoms with van der Waals surface area (Å²) in [6.07, 6.45) is -5.02. The van der Waals surface area contributed by atoms with Gasteiger partial charge in [-0.15, -0.1) is 0 Å². The van der Waals surface area contributed by atoms with E-state index in [4.69, 9.17) is 5.11 Å². The van der Waals surface area contributed by atoms with Gasteiger partial charge in [-0.3, -0.25) is 0 Å². The number of carbonyl (C=O) groups is 1. The van der Waals surface area contributed by atoms with Crippen LogP contribution in [0.15, 0.2) is 12.1 Å². The third kappa shape index (κ3) is 3.57. The maximum absolute atomic E-state index is 13.5. The quantitative estimate of drug-likeness (QED) is 0.638. The molecule has 4 nitrogen and oxygen atoms in total. The third-order valence-corrected chi connectivity index (χ3v) is 2.28. The molecule has 0 aliphatic carbocycles. The Morgan fingerprint density at radius 3 is 2.53 bits per heavy atom. The molecule has 8 heteroatoms. The summed E-state index contributed by atoms with van der Waals surface area (Å²) >= 11 is 0. The highest BCUT2D eigenvalue weighted by Crippen LogP contribution is 2.21. The van der Waals surface area contributed by atoms with Gasteiger partial charge in [0.25, 0.3) is 6.43 Å². The number of halogens is 4. The van der Waals surface area contributed by atoms with Crippen molar-refractivity contribution >= 4 is 11.7 Å². The lowest BCUT2D eigenvalue weighted by Gasteiger charge is -2.13. The number of benzene rings is 1. The molecule has 0 aliphatic heterocycles. The number of aliphatic hydroxyl groups excluding tert-OH is 1. The van der Waals surface area contributed by atoms with E-state index in [0.29, 0.717) is 0 Å². The smallest absolute Gasteiger partial charge is 0.340 e. The molecule has 0 amide bonds. The summed E-state index contributed by atoms with van der Waals surface area (Å²) in [5.74, 6) is -3.93. The van der Waals surface area contributed by atoms with Crippen LogP contribution in [-0.4, -0.2) is 37.3 Å². The van der Waals surface area contributed by atoms with E-state index in [2.05, 4.69) is 10.1 Å². The second-order valence-electron chi connectivity index (χ2n) is 3.56. The molecule has 0 radical (unpaired) electrons. The van der Waals surface area contributed by atoms with Gasteiger partial charge in [-0.05, 0) is 12.1 Å². The highest BCUT2D eigenvalue weighted by atomic mass is 19.3. The number of hydrogen-bond donors (Lipinski definition) is 2. The summed E-state index contributed by atoms with van der Waals surface area (Å²) in [5, 5.41) is 10.9. The SMILES string of the molecule is COC(=O)c1ccc(NCC(O)C(F)F)c(F)c1F. The molecule has 1 aromatic rings. The van der Waals surface area contributed by atoms with Gasteiger partial charge in [-0.25, -0.2) is 22.4 Å². The van der Waals surface area contributed by atoms with Crippen molar-refractivity contribution < 1.29 is 32.2 Å². The minimum atomic E-state index is -3.00. The Hall–Kier alpha value is -1.83. The maximum Gasteiger partial charge on any atom is 0.340 e. The number of hydrogen-bond acceptors (Lipinski definition) is 4. The predicted octanol–water partition coefficient (Wildman–Crippen LogP) is 1.79. The van der Waals surface area contributed by atoms with Crippen LogP contribution in [0.5, 0.6) is 0 Å². The van der Waals surface area contributed by atoms with Gasteiger partial charge < -0.3 is 15.2 Å². The fraction of sp³-hybridized carbons (Fsp3) is 0.364. The molecule has 0 aromatic heterocycles. The molecular formula is C11H11F4NO3. The van der Waals surface area contributed by atoms with E-state index < -0.39 is 47.9 Å². The highest BCUT2D eigenvalue weighted by molar-refractivity contribution is 5.90. The number of carbonyl (C=O) groups excluding carboxylic acids is 1. The van der Waals surface area contributed by atoms with Gasteiger partial charge in [0, 0.05) is 6.54 Å². The Morgan fingerprint density at radius 1 is 1.37 bits per heavy atom. The third-order valence-electron chi connectivity index (χ3n) is 2.28. The van der Waals surface area contributed by atoms with Crippen molar-refractivity contribution in [3.8, 4) is 0 Å². The average molecular weight is 281 g/mol. The first-order chi connectivity index (χ1) is 8.88. The standard InChI is InChI=1S/C11H11F4NO3/c1-19-11(18)5-2-3-6(9(13)8(5)12)16-4-7(17)10(14)15/h2-3,7,10,16-17H,4H2,1H3. The van der Waals surface area contributed by atoms with Gasteiger partial charge in [0.1, 0.15) is 6.10 Å². The Morgan fingerprint density at radius 2 is 2.00 bits per heavy atom. The van der Waals surface area contributed by atoms with Crippen molar-refractivity contribution in [3.63, 3.8) is 0 Å². The molecule has 0 saturated carbocycles. The van der Waals surface area contributed by atoms with Crippen molar-refractivity contribution in [2.75, 3.05) is 19.0 Å². The minimum absolute atomic E-state index is 0.440. The molecule has 0 spiro atoms. The van der Waals surface area contributed by atoms with Crippen LogP contribution in [0, 0.1) is 11.6 Å². The number of ether oxygens (including phenoxy) is 1. The van der Waals surface area contributed by atoms with Crippen LogP contribution in [0.1, 0.15) is 10.4 Å². The Balaban J connectivity index is 2.88. The van der Waals surface area contributed by atoms with Crippen molar-refractivity contribution in [3.05, 3.63) is 29.3 Å². The van der Waals surface area contributed by atoms with Crippen LogP contribution >= 0.6 is 0 Å². The van der Waals surface area contributed by atoms with Gasteiger partial charge in [-0.1, -0.05) is 0 Å². The molecule has 0 fully saturated rings. The van der Waals surface area contributed by atoms with Crippen LogP contribution < -0.4 is 5.32 Å². The average Bonchev–Trinajstić information content (AvgIpc) is 2.39. The highest BCUT2D eigenvalue weighted by Gasteiger charge is 2.21. The summed E-state index contributed by atoms with van der Waals surface area (Å²) in [6.45, 7) is -0.661. The van der Waals surface area contributed by atoms with Gasteiger partial charge in [0.05, 0.1) is 18.4 Å². The lowest BCUT2D eigenvalue weighted by atomic mass is 10.1. The summed E-state index contributed by atoms with van der Waals surface area (Å²) < 4.78 is 55.2. The van der Waals surface area contributed by atoms with Gasteiger partial charge in [-0.2, -0.15) is 0 Å². The predicted molar refractivity (Wildman–Crippen MR) is 58.2 cm³/mol. The molecule has 2 N–H and O–H groups in total. The van der Waals surface area contributed by atoms with E-state index >= 15 is 0 Å². The zero-order valence-electron chi connectivity index (χ0n) is 9.79. The Bertz CT molecular complexity index is 467. The molecular weight excluding hydrogens is 270 g/mol. The normalized spacial score (nSPS) is 12.4. The van der Waals surface area contributed by atoms with Gasteiger partial charge >= 0.3 is 5.97 Å². The number of rotatable bonds is 5. The summed E-state index contributed by atoms with van der Waals surface area (Å²) in [7, 11) is 1.00. The van der Waals surface area contributed by atoms with Crippen molar-refractivity contribution in [2.45, 2.75) is 12.5 Å². The van der Waals surface area contributed by atoms with Crippen LogP contribution in [0.25, 0.3) is 0 Å². The monoisotopic (exact) mass is 281 g/mol. The first kappa shape index (κ1) is 15.2. The molecule has 1 unspecified atom stereocenters. The largest absolute Gasteiger partial charge is 0.465 e. The minimum Gasteiger partial charge on any atom is -0.465 e. The van der Waals surface area contributed by atoms with E-state index in [0.717, 1.165) is 19.2 Å². The van der Waals surface area contributed by atoms with E-state index in [-0.39, 0.29) is 0 Å². The number of nitrogens with one attached hydrogen (secondary N) is 1. The summed E-state index contributed by atoms with van der Waals surface area (Å²) in [5.41, 5.74) is -1.05. The molecule has 0 saturated heterocycles. The topological polar surface area (TPSA) is 58.6 Å². The van der Waals surface area contributed by atoms with Crippen LogP contribution in [0.4, 0.5) is 23.2 Å². The fourth-order valence-electron chi connectivity index (χ4n) is 1.26. The lowest BCUT2D eigenvalue weighted by molar-refractivity contribution is 0.00381. The van der Waals surface area contributed by atoms with Crippen LogP contribution in [-0.2, 0) is 4.74 Å². The van der Waals surface area contributed by atoms with E-state index in [9.17, 15) is 22.4 Å². The Kier molecular flexibility index (Phi) is 5.11. The molecule has 0 heterocycles.